The van der Waals surface area contributed by atoms with E-state index in [-0.39, 0.29) is 17.9 Å². The number of amides is 1. The summed E-state index contributed by atoms with van der Waals surface area (Å²) in [5, 5.41) is 37.1. The van der Waals surface area contributed by atoms with Crippen molar-refractivity contribution in [2.24, 2.45) is 11.8 Å². The van der Waals surface area contributed by atoms with Crippen molar-refractivity contribution >= 4 is 17.7 Å². The van der Waals surface area contributed by atoms with Crippen LogP contribution in [0.1, 0.15) is 52.9 Å². The maximum Gasteiger partial charge on any atom is 0.237 e. The maximum absolute atomic E-state index is 12.9. The van der Waals surface area contributed by atoms with Gasteiger partial charge in [-0.3, -0.25) is 4.79 Å². The summed E-state index contributed by atoms with van der Waals surface area (Å²) in [5.41, 5.74) is -0.644. The zero-order valence-corrected chi connectivity index (χ0v) is 18.3. The molecular formula is C20H38N2O5S. The second-order valence-corrected chi connectivity index (χ2v) is 9.45. The van der Waals surface area contributed by atoms with Crippen molar-refractivity contribution < 1.29 is 24.9 Å². The Morgan fingerprint density at radius 3 is 2.54 bits per heavy atom. The van der Waals surface area contributed by atoms with Crippen LogP contribution in [0, 0.1) is 11.8 Å². The highest BCUT2D eigenvalue weighted by molar-refractivity contribution is 7.99. The standard InChI is InChI=1S/C20H38N2O5S/c1-5-6-7-8-12-9-13(21-10-12)19(26)22-14(11(2)3)18-16(24)15(23)17(25)20(27-18)28-4/h11-18,20-21,23-25H,5-10H2,1-4H3,(H,22,26)/t12?,13-,14+,15-,16+,17+,18+,20+/m0/s1. The molecule has 2 aliphatic rings. The minimum atomic E-state index is -1.30. The van der Waals surface area contributed by atoms with E-state index in [0.717, 1.165) is 19.4 Å². The quantitative estimate of drug-likeness (QED) is 0.353. The number of unbranched alkanes of at least 4 members (excludes halogenated alkanes) is 2. The van der Waals surface area contributed by atoms with Crippen LogP contribution >= 0.6 is 11.8 Å². The van der Waals surface area contributed by atoms with Gasteiger partial charge in [0.05, 0.1) is 12.1 Å². The highest BCUT2D eigenvalue weighted by atomic mass is 32.2. The molecule has 1 amide bonds. The number of aliphatic hydroxyl groups excluding tert-OH is 3. The van der Waals surface area contributed by atoms with E-state index in [2.05, 4.69) is 17.6 Å². The molecule has 8 atom stereocenters. The molecule has 2 saturated heterocycles. The predicted molar refractivity (Wildman–Crippen MR) is 111 cm³/mol. The van der Waals surface area contributed by atoms with E-state index in [1.807, 2.05) is 13.8 Å². The molecule has 2 heterocycles. The fourth-order valence-corrected chi connectivity index (χ4v) is 4.85. The van der Waals surface area contributed by atoms with Crippen molar-refractivity contribution in [2.45, 2.75) is 94.8 Å². The molecule has 164 valence electrons. The zero-order valence-electron chi connectivity index (χ0n) is 17.5. The van der Waals surface area contributed by atoms with E-state index in [1.54, 1.807) is 6.26 Å². The van der Waals surface area contributed by atoms with Gasteiger partial charge in [-0.15, -0.1) is 11.8 Å². The fourth-order valence-electron chi connectivity index (χ4n) is 4.17. The van der Waals surface area contributed by atoms with Crippen LogP contribution in [0.15, 0.2) is 0 Å². The Balaban J connectivity index is 1.98. The minimum absolute atomic E-state index is 0.00435. The molecule has 2 aliphatic heterocycles. The normalized spacial score (nSPS) is 37.2. The molecule has 0 spiro atoms. The van der Waals surface area contributed by atoms with Gasteiger partial charge >= 0.3 is 0 Å². The van der Waals surface area contributed by atoms with Gasteiger partial charge in [-0.05, 0) is 37.5 Å². The molecule has 2 fully saturated rings. The highest BCUT2D eigenvalue weighted by Gasteiger charge is 2.47. The first-order valence-electron chi connectivity index (χ1n) is 10.6. The molecular weight excluding hydrogens is 380 g/mol. The molecule has 8 heteroatoms. The van der Waals surface area contributed by atoms with E-state index in [4.69, 9.17) is 4.74 Å². The lowest BCUT2D eigenvalue weighted by Crippen LogP contribution is -2.64. The number of hydrogen-bond acceptors (Lipinski definition) is 7. The monoisotopic (exact) mass is 418 g/mol. The van der Waals surface area contributed by atoms with Crippen molar-refractivity contribution in [3.8, 4) is 0 Å². The third-order valence-electron chi connectivity index (χ3n) is 5.97. The molecule has 0 radical (unpaired) electrons. The largest absolute Gasteiger partial charge is 0.388 e. The van der Waals surface area contributed by atoms with E-state index < -0.39 is 35.9 Å². The van der Waals surface area contributed by atoms with Crippen molar-refractivity contribution in [2.75, 3.05) is 12.8 Å². The summed E-state index contributed by atoms with van der Waals surface area (Å²) in [4.78, 5) is 12.9. The summed E-state index contributed by atoms with van der Waals surface area (Å²) in [7, 11) is 0. The van der Waals surface area contributed by atoms with Gasteiger partial charge in [0.1, 0.15) is 29.9 Å². The molecule has 28 heavy (non-hydrogen) atoms. The van der Waals surface area contributed by atoms with Gasteiger partial charge in [0.25, 0.3) is 0 Å². The van der Waals surface area contributed by atoms with Crippen LogP contribution in [-0.4, -0.2) is 76.0 Å². The Morgan fingerprint density at radius 2 is 1.93 bits per heavy atom. The van der Waals surface area contributed by atoms with Gasteiger partial charge in [0.2, 0.25) is 5.91 Å². The molecule has 1 unspecified atom stereocenters. The van der Waals surface area contributed by atoms with Crippen LogP contribution in [0.4, 0.5) is 0 Å². The van der Waals surface area contributed by atoms with Crippen LogP contribution in [-0.2, 0) is 9.53 Å². The summed E-state index contributed by atoms with van der Waals surface area (Å²) in [6.07, 6.45) is 2.86. The van der Waals surface area contributed by atoms with Crippen LogP contribution in [0.25, 0.3) is 0 Å². The van der Waals surface area contributed by atoms with Crippen LogP contribution in [0.2, 0.25) is 0 Å². The molecule has 0 bridgehead atoms. The number of hydrogen-bond donors (Lipinski definition) is 5. The smallest absolute Gasteiger partial charge is 0.237 e. The molecule has 0 aliphatic carbocycles. The Kier molecular flexibility index (Phi) is 9.50. The van der Waals surface area contributed by atoms with Gasteiger partial charge in [-0.2, -0.15) is 0 Å². The Bertz CT molecular complexity index is 493. The second kappa shape index (κ2) is 11.1. The molecule has 5 N–H and O–H groups in total. The summed E-state index contributed by atoms with van der Waals surface area (Å²) < 4.78 is 5.87. The molecule has 7 nitrogen and oxygen atoms in total. The predicted octanol–water partition coefficient (Wildman–Crippen LogP) is 0.856. The van der Waals surface area contributed by atoms with Gasteiger partial charge in [-0.1, -0.05) is 40.0 Å². The van der Waals surface area contributed by atoms with Crippen LogP contribution in [0.5, 0.6) is 0 Å². The summed E-state index contributed by atoms with van der Waals surface area (Å²) >= 11 is 1.28. The van der Waals surface area contributed by atoms with E-state index in [9.17, 15) is 20.1 Å². The first kappa shape index (κ1) is 23.9. The first-order chi connectivity index (χ1) is 13.3. The van der Waals surface area contributed by atoms with Crippen LogP contribution < -0.4 is 10.6 Å². The minimum Gasteiger partial charge on any atom is -0.388 e. The number of carbonyl (C=O) groups excluding carboxylic acids is 1. The zero-order chi connectivity index (χ0) is 20.8. The van der Waals surface area contributed by atoms with E-state index in [1.165, 1.54) is 31.0 Å². The SMILES string of the molecule is CCCCCC1CN[C@H](C(=O)N[C@H](C(C)C)[C@H]2O[C@H](SC)[C@H](O)[C@@H](O)[C@H]2O)C1. The molecule has 0 aromatic rings. The van der Waals surface area contributed by atoms with Gasteiger partial charge in [0, 0.05) is 0 Å². The molecule has 2 rings (SSSR count). The average Bonchev–Trinajstić information content (AvgIpc) is 3.14. The Morgan fingerprint density at radius 1 is 1.21 bits per heavy atom. The first-order valence-corrected chi connectivity index (χ1v) is 11.8. The number of ether oxygens (including phenoxy) is 1. The Hall–Kier alpha value is -0.380. The average molecular weight is 419 g/mol. The van der Waals surface area contributed by atoms with Crippen molar-refractivity contribution in [1.82, 2.24) is 10.6 Å². The van der Waals surface area contributed by atoms with Gasteiger partial charge in [-0.25, -0.2) is 0 Å². The highest BCUT2D eigenvalue weighted by Crippen LogP contribution is 2.30. The van der Waals surface area contributed by atoms with E-state index >= 15 is 0 Å². The number of carbonyl (C=O) groups is 1. The number of thioether (sulfide) groups is 1. The fraction of sp³-hybridized carbons (Fsp3) is 0.950. The molecule has 0 aromatic heterocycles. The number of nitrogens with one attached hydrogen (secondary N) is 2. The third kappa shape index (κ3) is 5.83. The molecule has 0 aromatic carbocycles. The van der Waals surface area contributed by atoms with Crippen molar-refractivity contribution in [3.05, 3.63) is 0 Å². The number of rotatable bonds is 9. The van der Waals surface area contributed by atoms with Gasteiger partial charge in [0.15, 0.2) is 0 Å². The topological polar surface area (TPSA) is 111 Å². The summed E-state index contributed by atoms with van der Waals surface area (Å²) in [6, 6.07) is -0.694. The Labute approximate surface area is 173 Å². The number of aliphatic hydroxyl groups is 3. The van der Waals surface area contributed by atoms with E-state index in [0.29, 0.717) is 5.92 Å². The third-order valence-corrected chi connectivity index (χ3v) is 6.83. The lowest BCUT2D eigenvalue weighted by molar-refractivity contribution is -0.208. The van der Waals surface area contributed by atoms with Crippen molar-refractivity contribution in [1.29, 1.82) is 0 Å². The van der Waals surface area contributed by atoms with Crippen LogP contribution in [0.3, 0.4) is 0 Å². The maximum atomic E-state index is 12.9. The molecule has 0 saturated carbocycles. The second-order valence-electron chi connectivity index (χ2n) is 8.51. The lowest BCUT2D eigenvalue weighted by atomic mass is 9.88. The summed E-state index contributed by atoms with van der Waals surface area (Å²) in [6.45, 7) is 6.94. The van der Waals surface area contributed by atoms with Gasteiger partial charge < -0.3 is 30.7 Å². The van der Waals surface area contributed by atoms with Crippen molar-refractivity contribution in [3.63, 3.8) is 0 Å². The summed E-state index contributed by atoms with van der Waals surface area (Å²) in [5.74, 6) is 0.429. The lowest BCUT2D eigenvalue weighted by Gasteiger charge is -2.44.